The molecule has 4 rings (SSSR count). The van der Waals surface area contributed by atoms with E-state index in [0.29, 0.717) is 19.1 Å². The van der Waals surface area contributed by atoms with E-state index < -0.39 is 10.0 Å². The Bertz CT molecular complexity index is 1180. The summed E-state index contributed by atoms with van der Waals surface area (Å²) in [5.41, 5.74) is 3.40. The van der Waals surface area contributed by atoms with Crippen LogP contribution in [0.5, 0.6) is 5.75 Å². The van der Waals surface area contributed by atoms with Crippen LogP contribution >= 0.6 is 0 Å². The monoisotopic (exact) mass is 496 g/mol. The molecule has 1 aliphatic rings. The van der Waals surface area contributed by atoms with Crippen LogP contribution in [0.15, 0.2) is 78.9 Å². The maximum Gasteiger partial charge on any atom is 0.211 e. The van der Waals surface area contributed by atoms with Gasteiger partial charge in [-0.3, -0.25) is 4.90 Å². The zero-order valence-corrected chi connectivity index (χ0v) is 21.0. The molecule has 186 valence electrons. The average Bonchev–Trinajstić information content (AvgIpc) is 2.86. The number of hydrogen-bond acceptors (Lipinski definition) is 4. The molecule has 5 nitrogen and oxygen atoms in total. The van der Waals surface area contributed by atoms with E-state index in [1.54, 1.807) is 0 Å². The van der Waals surface area contributed by atoms with Gasteiger partial charge in [-0.25, -0.2) is 12.8 Å². The lowest BCUT2D eigenvalue weighted by atomic mass is 9.86. The number of halogens is 1. The lowest BCUT2D eigenvalue weighted by Crippen LogP contribution is -2.35. The Morgan fingerprint density at radius 1 is 0.943 bits per heavy atom. The summed E-state index contributed by atoms with van der Waals surface area (Å²) in [6.45, 7) is 3.65. The number of para-hydroxylation sites is 1. The van der Waals surface area contributed by atoms with Crippen molar-refractivity contribution in [3.05, 3.63) is 101 Å². The second-order valence-corrected chi connectivity index (χ2v) is 11.1. The number of piperidine rings is 1. The quantitative estimate of drug-likeness (QED) is 0.394. The molecular weight excluding hydrogens is 463 g/mol. The van der Waals surface area contributed by atoms with Crippen LogP contribution in [0.3, 0.4) is 0 Å². The molecule has 0 unspecified atom stereocenters. The normalized spacial score (nSPS) is 15.4. The third kappa shape index (κ3) is 7.37. The molecule has 3 aromatic rings. The van der Waals surface area contributed by atoms with Crippen molar-refractivity contribution in [2.45, 2.75) is 31.8 Å². The molecule has 1 aliphatic heterocycles. The van der Waals surface area contributed by atoms with Crippen molar-refractivity contribution < 1.29 is 17.5 Å². The van der Waals surface area contributed by atoms with Gasteiger partial charge in [0.15, 0.2) is 0 Å². The minimum absolute atomic E-state index is 0.209. The maximum absolute atomic E-state index is 13.2. The van der Waals surface area contributed by atoms with Crippen LogP contribution in [0, 0.1) is 5.82 Å². The number of benzene rings is 3. The first-order valence-corrected chi connectivity index (χ1v) is 13.9. The number of hydrogen-bond donors (Lipinski definition) is 0. The number of sulfonamides is 1. The first kappa shape index (κ1) is 25.4. The lowest BCUT2D eigenvalue weighted by Gasteiger charge is -2.33. The summed E-state index contributed by atoms with van der Waals surface area (Å²) < 4.78 is 45.5. The zero-order valence-electron chi connectivity index (χ0n) is 20.1. The van der Waals surface area contributed by atoms with E-state index >= 15 is 0 Å². The number of likely N-dealkylation sites (tertiary alicyclic amines) is 1. The van der Waals surface area contributed by atoms with Crippen LogP contribution in [0.25, 0.3) is 0 Å². The topological polar surface area (TPSA) is 49.9 Å². The van der Waals surface area contributed by atoms with Crippen molar-refractivity contribution in [2.75, 3.05) is 32.5 Å². The Labute approximate surface area is 208 Å². The summed E-state index contributed by atoms with van der Waals surface area (Å²) in [6, 6.07) is 24.3. The molecule has 0 N–H and O–H groups in total. The molecule has 0 atom stereocenters. The maximum atomic E-state index is 13.2. The van der Waals surface area contributed by atoms with Crippen molar-refractivity contribution in [1.82, 2.24) is 9.21 Å². The van der Waals surface area contributed by atoms with Gasteiger partial charge >= 0.3 is 0 Å². The smallest absolute Gasteiger partial charge is 0.211 e. The minimum atomic E-state index is -3.39. The predicted octanol–water partition coefficient (Wildman–Crippen LogP) is 5.05. The van der Waals surface area contributed by atoms with Gasteiger partial charge in [0.05, 0.1) is 6.26 Å². The zero-order chi connectivity index (χ0) is 24.7. The summed E-state index contributed by atoms with van der Waals surface area (Å²) >= 11 is 0. The van der Waals surface area contributed by atoms with Gasteiger partial charge in [0.2, 0.25) is 10.0 Å². The van der Waals surface area contributed by atoms with Crippen molar-refractivity contribution >= 4 is 10.0 Å². The largest absolute Gasteiger partial charge is 0.492 e. The van der Waals surface area contributed by atoms with Crippen LogP contribution in [0.1, 0.15) is 35.4 Å². The molecule has 0 bridgehead atoms. The first-order valence-electron chi connectivity index (χ1n) is 12.1. The Morgan fingerprint density at radius 3 is 2.29 bits per heavy atom. The second-order valence-electron chi connectivity index (χ2n) is 9.13. The molecule has 35 heavy (non-hydrogen) atoms. The van der Waals surface area contributed by atoms with Gasteiger partial charge in [0.1, 0.15) is 18.2 Å². The van der Waals surface area contributed by atoms with E-state index in [4.69, 9.17) is 4.74 Å². The lowest BCUT2D eigenvalue weighted by molar-refractivity contribution is 0.204. The standard InChI is InChI=1S/C28H33FN2O3S/c1-35(32,33)31(19-20-34-27-8-3-2-4-9-27)22-25-7-5-6-10-28(25)24-15-17-30(18-16-24)21-23-11-13-26(29)14-12-23/h2-14,24H,15-22H2,1H3. The molecule has 0 saturated carbocycles. The van der Waals surface area contributed by atoms with Crippen LogP contribution in [-0.2, 0) is 23.1 Å². The SMILES string of the molecule is CS(=O)(=O)N(CCOc1ccccc1)Cc1ccccc1C1CCN(Cc2ccc(F)cc2)CC1. The van der Waals surface area contributed by atoms with Crippen molar-refractivity contribution in [3.8, 4) is 5.75 Å². The van der Waals surface area contributed by atoms with Gasteiger partial charge in [0, 0.05) is 19.6 Å². The highest BCUT2D eigenvalue weighted by molar-refractivity contribution is 7.88. The molecule has 0 spiro atoms. The van der Waals surface area contributed by atoms with Crippen molar-refractivity contribution in [3.63, 3.8) is 0 Å². The fraction of sp³-hybridized carbons (Fsp3) is 0.357. The highest BCUT2D eigenvalue weighted by atomic mass is 32.2. The van der Waals surface area contributed by atoms with Crippen LogP contribution < -0.4 is 4.74 Å². The summed E-state index contributed by atoms with van der Waals surface area (Å²) in [7, 11) is -3.39. The summed E-state index contributed by atoms with van der Waals surface area (Å²) in [6.07, 6.45) is 3.27. The van der Waals surface area contributed by atoms with Crippen LogP contribution in [-0.4, -0.2) is 50.1 Å². The first-order chi connectivity index (χ1) is 16.9. The fourth-order valence-electron chi connectivity index (χ4n) is 4.66. The number of nitrogens with zero attached hydrogens (tertiary/aromatic N) is 2. The van der Waals surface area contributed by atoms with Gasteiger partial charge < -0.3 is 4.74 Å². The Hall–Kier alpha value is -2.74. The van der Waals surface area contributed by atoms with Crippen LogP contribution in [0.2, 0.25) is 0 Å². The molecule has 1 saturated heterocycles. The van der Waals surface area contributed by atoms with Gasteiger partial charge in [-0.1, -0.05) is 54.6 Å². The third-order valence-corrected chi connectivity index (χ3v) is 7.82. The molecule has 0 radical (unpaired) electrons. The van der Waals surface area contributed by atoms with Crippen molar-refractivity contribution in [1.29, 1.82) is 0 Å². The van der Waals surface area contributed by atoms with Crippen LogP contribution in [0.4, 0.5) is 4.39 Å². The molecule has 1 fully saturated rings. The van der Waals surface area contributed by atoms with E-state index in [9.17, 15) is 12.8 Å². The second kappa shape index (κ2) is 11.8. The third-order valence-electron chi connectivity index (χ3n) is 6.57. The molecule has 7 heteroatoms. The Balaban J connectivity index is 1.37. The highest BCUT2D eigenvalue weighted by Crippen LogP contribution is 2.32. The fourth-order valence-corrected chi connectivity index (χ4v) is 5.44. The van der Waals surface area contributed by atoms with Gasteiger partial charge in [0.25, 0.3) is 0 Å². The van der Waals surface area contributed by atoms with E-state index in [-0.39, 0.29) is 12.4 Å². The van der Waals surface area contributed by atoms with E-state index in [2.05, 4.69) is 11.0 Å². The minimum Gasteiger partial charge on any atom is -0.492 e. The van der Waals surface area contributed by atoms with Gasteiger partial charge in [-0.05, 0) is 72.8 Å². The van der Waals surface area contributed by atoms with Gasteiger partial charge in [-0.15, -0.1) is 0 Å². The summed E-state index contributed by atoms with van der Waals surface area (Å²) in [5, 5.41) is 0. The molecule has 0 aromatic heterocycles. The molecule has 1 heterocycles. The van der Waals surface area contributed by atoms with Crippen molar-refractivity contribution in [2.24, 2.45) is 0 Å². The Morgan fingerprint density at radius 2 is 1.60 bits per heavy atom. The van der Waals surface area contributed by atoms with E-state index in [1.807, 2.05) is 60.7 Å². The molecular formula is C28H33FN2O3S. The van der Waals surface area contributed by atoms with E-state index in [0.717, 1.165) is 49.4 Å². The molecule has 0 aliphatic carbocycles. The Kier molecular flexibility index (Phi) is 8.55. The predicted molar refractivity (Wildman–Crippen MR) is 137 cm³/mol. The summed E-state index contributed by atoms with van der Waals surface area (Å²) in [5.74, 6) is 0.908. The summed E-state index contributed by atoms with van der Waals surface area (Å²) in [4.78, 5) is 2.40. The molecule has 3 aromatic carbocycles. The van der Waals surface area contributed by atoms with E-state index in [1.165, 1.54) is 28.3 Å². The van der Waals surface area contributed by atoms with Gasteiger partial charge in [-0.2, -0.15) is 4.31 Å². The number of ether oxygens (including phenoxy) is 1. The average molecular weight is 497 g/mol. The highest BCUT2D eigenvalue weighted by Gasteiger charge is 2.25. The number of rotatable bonds is 10. The molecule has 0 amide bonds.